The number of halogens is 1. The van der Waals surface area contributed by atoms with Crippen molar-refractivity contribution < 1.29 is 0 Å². The summed E-state index contributed by atoms with van der Waals surface area (Å²) in [7, 11) is 2.04. The number of nitrogens with zero attached hydrogens (tertiary/aromatic N) is 2. The van der Waals surface area contributed by atoms with E-state index in [1.165, 1.54) is 5.56 Å². The van der Waals surface area contributed by atoms with E-state index in [4.69, 9.17) is 11.0 Å². The van der Waals surface area contributed by atoms with E-state index in [1.807, 2.05) is 32.2 Å². The third-order valence-corrected chi connectivity index (χ3v) is 4.08. The van der Waals surface area contributed by atoms with Gasteiger partial charge in [-0.15, -0.1) is 0 Å². The van der Waals surface area contributed by atoms with Gasteiger partial charge < -0.3 is 5.73 Å². The lowest BCUT2D eigenvalue weighted by atomic mass is 9.96. The van der Waals surface area contributed by atoms with Crippen LogP contribution in [-0.2, 0) is 0 Å². The van der Waals surface area contributed by atoms with E-state index in [1.54, 1.807) is 0 Å². The lowest BCUT2D eigenvalue weighted by Gasteiger charge is -2.34. The number of nitrogens with two attached hydrogens (primary N) is 1. The minimum absolute atomic E-state index is 0.000885. The Kier molecular flexibility index (Phi) is 6.50. The first-order valence-corrected chi connectivity index (χ1v) is 7.40. The fourth-order valence-electron chi connectivity index (χ4n) is 2.32. The lowest BCUT2D eigenvalue weighted by Crippen LogP contribution is -2.40. The van der Waals surface area contributed by atoms with Crippen LogP contribution in [0.25, 0.3) is 0 Å². The summed E-state index contributed by atoms with van der Waals surface area (Å²) in [6.45, 7) is 4.75. The Bertz CT molecular complexity index is 441. The summed E-state index contributed by atoms with van der Waals surface area (Å²) in [6, 6.07) is 10.6. The Morgan fingerprint density at radius 1 is 1.42 bits per heavy atom. The fraction of sp³-hybridized carbons (Fsp3) is 0.533. The minimum Gasteiger partial charge on any atom is -0.326 e. The highest BCUT2D eigenvalue weighted by Gasteiger charge is 2.25. The molecule has 0 aromatic heterocycles. The quantitative estimate of drug-likeness (QED) is 0.873. The largest absolute Gasteiger partial charge is 0.326 e. The highest BCUT2D eigenvalue weighted by atomic mass is 79.9. The van der Waals surface area contributed by atoms with E-state index in [-0.39, 0.29) is 18.0 Å². The predicted molar refractivity (Wildman–Crippen MR) is 82.6 cm³/mol. The fourth-order valence-corrected chi connectivity index (χ4v) is 2.84. The molecular weight excluding hydrogens is 302 g/mol. The molecule has 2 N–H and O–H groups in total. The molecule has 3 atom stereocenters. The molecule has 0 bridgehead atoms. The van der Waals surface area contributed by atoms with Crippen LogP contribution in [0.1, 0.15) is 31.9 Å². The highest BCUT2D eigenvalue weighted by Crippen LogP contribution is 2.30. The molecule has 3 nitrogen and oxygen atoms in total. The summed E-state index contributed by atoms with van der Waals surface area (Å²) in [4.78, 5) is 2.18. The molecule has 1 aromatic rings. The van der Waals surface area contributed by atoms with Crippen molar-refractivity contribution in [3.8, 4) is 6.07 Å². The van der Waals surface area contributed by atoms with Crippen molar-refractivity contribution in [3.63, 3.8) is 0 Å². The molecule has 1 aromatic carbocycles. The molecule has 0 aliphatic heterocycles. The maximum absolute atomic E-state index is 8.97. The molecule has 19 heavy (non-hydrogen) atoms. The Labute approximate surface area is 124 Å². The molecule has 0 radical (unpaired) electrons. The number of nitriles is 1. The van der Waals surface area contributed by atoms with Crippen LogP contribution in [0.5, 0.6) is 0 Å². The van der Waals surface area contributed by atoms with E-state index >= 15 is 0 Å². The Morgan fingerprint density at radius 3 is 2.58 bits per heavy atom. The zero-order chi connectivity index (χ0) is 14.4. The topological polar surface area (TPSA) is 53.0 Å². The van der Waals surface area contributed by atoms with Gasteiger partial charge in [0.1, 0.15) is 0 Å². The first-order chi connectivity index (χ1) is 9.01. The maximum Gasteiger partial charge on any atom is 0.0666 e. The second-order valence-corrected chi connectivity index (χ2v) is 5.86. The maximum atomic E-state index is 8.97. The average Bonchev–Trinajstić information content (AvgIpc) is 2.40. The van der Waals surface area contributed by atoms with Gasteiger partial charge in [0.15, 0.2) is 0 Å². The second-order valence-electron chi connectivity index (χ2n) is 5.01. The van der Waals surface area contributed by atoms with E-state index in [9.17, 15) is 0 Å². The monoisotopic (exact) mass is 323 g/mol. The van der Waals surface area contributed by atoms with Crippen molar-refractivity contribution in [2.75, 3.05) is 13.6 Å². The van der Waals surface area contributed by atoms with Gasteiger partial charge in [-0.05, 0) is 32.0 Å². The van der Waals surface area contributed by atoms with Gasteiger partial charge in [-0.2, -0.15) is 5.26 Å². The van der Waals surface area contributed by atoms with Gasteiger partial charge >= 0.3 is 0 Å². The lowest BCUT2D eigenvalue weighted by molar-refractivity contribution is 0.196. The SMILES string of the molecule is CCC(N)C(c1ccccc1Br)N(C)CC(C)C#N. The summed E-state index contributed by atoms with van der Waals surface area (Å²) in [5, 5.41) is 8.97. The standard InChI is InChI=1S/C15H22BrN3/c1-4-14(18)15(19(3)10-11(2)9-17)12-7-5-6-8-13(12)16/h5-8,11,14-15H,4,10,18H2,1-3H3. The highest BCUT2D eigenvalue weighted by molar-refractivity contribution is 9.10. The van der Waals surface area contributed by atoms with Crippen molar-refractivity contribution in [1.82, 2.24) is 4.90 Å². The number of benzene rings is 1. The minimum atomic E-state index is -0.000885. The second kappa shape index (κ2) is 7.64. The van der Waals surface area contributed by atoms with Crippen molar-refractivity contribution in [2.24, 2.45) is 11.7 Å². The van der Waals surface area contributed by atoms with Crippen molar-refractivity contribution in [2.45, 2.75) is 32.4 Å². The van der Waals surface area contributed by atoms with Crippen LogP contribution < -0.4 is 5.73 Å². The summed E-state index contributed by atoms with van der Waals surface area (Å²) in [6.07, 6.45) is 0.900. The first kappa shape index (κ1) is 16.2. The van der Waals surface area contributed by atoms with Gasteiger partial charge in [0.05, 0.1) is 18.0 Å². The van der Waals surface area contributed by atoms with Crippen molar-refractivity contribution in [1.29, 1.82) is 5.26 Å². The molecule has 0 fully saturated rings. The van der Waals surface area contributed by atoms with Crippen molar-refractivity contribution >= 4 is 15.9 Å². The molecule has 0 heterocycles. The molecular formula is C15H22BrN3. The molecule has 3 unspecified atom stereocenters. The zero-order valence-corrected chi connectivity index (χ0v) is 13.4. The van der Waals surface area contributed by atoms with Gasteiger partial charge in [-0.25, -0.2) is 0 Å². The van der Waals surface area contributed by atoms with Crippen LogP contribution in [0.2, 0.25) is 0 Å². The predicted octanol–water partition coefficient (Wildman–Crippen LogP) is 3.32. The van der Waals surface area contributed by atoms with Gasteiger partial charge in [0.25, 0.3) is 0 Å². The van der Waals surface area contributed by atoms with E-state index < -0.39 is 0 Å². The van der Waals surface area contributed by atoms with Crippen LogP contribution in [-0.4, -0.2) is 24.5 Å². The van der Waals surface area contributed by atoms with Crippen LogP contribution >= 0.6 is 15.9 Å². The van der Waals surface area contributed by atoms with Crippen molar-refractivity contribution in [3.05, 3.63) is 34.3 Å². The molecule has 104 valence electrons. The summed E-state index contributed by atoms with van der Waals surface area (Å²) >= 11 is 3.60. The molecule has 0 saturated carbocycles. The van der Waals surface area contributed by atoms with Gasteiger partial charge in [-0.1, -0.05) is 41.1 Å². The number of hydrogen-bond donors (Lipinski definition) is 1. The molecule has 0 aliphatic rings. The summed E-state index contributed by atoms with van der Waals surface area (Å²) < 4.78 is 1.07. The summed E-state index contributed by atoms with van der Waals surface area (Å²) in [5.74, 6) is -0.000885. The van der Waals surface area contributed by atoms with E-state index in [0.717, 1.165) is 17.4 Å². The summed E-state index contributed by atoms with van der Waals surface area (Å²) in [5.41, 5.74) is 7.48. The van der Waals surface area contributed by atoms with Crippen LogP contribution in [0.15, 0.2) is 28.7 Å². The van der Waals surface area contributed by atoms with Gasteiger partial charge in [0.2, 0.25) is 0 Å². The van der Waals surface area contributed by atoms with Crippen LogP contribution in [0.4, 0.5) is 0 Å². The normalized spacial score (nSPS) is 15.8. The molecule has 0 aliphatic carbocycles. The van der Waals surface area contributed by atoms with Crippen LogP contribution in [0, 0.1) is 17.2 Å². The number of hydrogen-bond acceptors (Lipinski definition) is 3. The number of likely N-dealkylation sites (N-methyl/N-ethyl adjacent to an activating group) is 1. The third-order valence-electron chi connectivity index (χ3n) is 3.36. The molecule has 0 spiro atoms. The van der Waals surface area contributed by atoms with E-state index in [2.05, 4.69) is 39.9 Å². The molecule has 1 rings (SSSR count). The number of rotatable bonds is 6. The van der Waals surface area contributed by atoms with Crippen LogP contribution in [0.3, 0.4) is 0 Å². The van der Waals surface area contributed by atoms with E-state index in [0.29, 0.717) is 0 Å². The molecule has 4 heteroatoms. The Balaban J connectivity index is 3.02. The average molecular weight is 324 g/mol. The molecule has 0 saturated heterocycles. The zero-order valence-electron chi connectivity index (χ0n) is 11.8. The Morgan fingerprint density at radius 2 is 2.05 bits per heavy atom. The first-order valence-electron chi connectivity index (χ1n) is 6.61. The van der Waals surface area contributed by atoms with Gasteiger partial charge in [-0.3, -0.25) is 4.90 Å². The van der Waals surface area contributed by atoms with Gasteiger partial charge in [0, 0.05) is 17.1 Å². The third kappa shape index (κ3) is 4.31. The molecule has 0 amide bonds. The Hall–Kier alpha value is -0.890. The smallest absolute Gasteiger partial charge is 0.0666 e.